The Bertz CT molecular complexity index is 574. The van der Waals surface area contributed by atoms with E-state index in [2.05, 4.69) is 22.0 Å². The summed E-state index contributed by atoms with van der Waals surface area (Å²) in [5.41, 5.74) is 1.74. The number of aryl methyl sites for hydroxylation is 1. The van der Waals surface area contributed by atoms with Gasteiger partial charge in [0.1, 0.15) is 11.4 Å². The van der Waals surface area contributed by atoms with Gasteiger partial charge >= 0.3 is 6.09 Å². The maximum Gasteiger partial charge on any atom is 0.410 e. The van der Waals surface area contributed by atoms with Gasteiger partial charge in [-0.2, -0.15) is 0 Å². The van der Waals surface area contributed by atoms with Gasteiger partial charge in [-0.1, -0.05) is 6.07 Å². The fraction of sp³-hybridized carbons (Fsp3) is 0.611. The van der Waals surface area contributed by atoms with Crippen LogP contribution in [0.25, 0.3) is 0 Å². The zero-order valence-corrected chi connectivity index (χ0v) is 16.6. The summed E-state index contributed by atoms with van der Waals surface area (Å²) in [6.07, 6.45) is 0.428. The molecule has 1 atom stereocenters. The van der Waals surface area contributed by atoms with Crippen molar-refractivity contribution in [2.24, 2.45) is 0 Å². The quantitative estimate of drug-likeness (QED) is 0.771. The first kappa shape index (κ1) is 19.1. The van der Waals surface area contributed by atoms with Gasteiger partial charge < -0.3 is 19.1 Å². The van der Waals surface area contributed by atoms with E-state index in [0.29, 0.717) is 19.7 Å². The van der Waals surface area contributed by atoms with Crippen LogP contribution < -0.4 is 4.74 Å². The molecule has 0 aromatic heterocycles. The predicted molar refractivity (Wildman–Crippen MR) is 96.7 cm³/mol. The van der Waals surface area contributed by atoms with Crippen LogP contribution in [-0.4, -0.2) is 49.5 Å². The van der Waals surface area contributed by atoms with Gasteiger partial charge in [-0.3, -0.25) is 0 Å². The Balaban J connectivity index is 2.02. The SMILES string of the molecule is COc1c(C)cc(C[C@@H]2CN(C(=O)OC(C)(C)C)CCO2)cc1Br. The molecule has 1 amide bonds. The number of rotatable bonds is 3. The molecule has 0 unspecified atom stereocenters. The van der Waals surface area contributed by atoms with Crippen molar-refractivity contribution < 1.29 is 19.0 Å². The molecule has 0 aliphatic carbocycles. The Morgan fingerprint density at radius 1 is 1.42 bits per heavy atom. The lowest BCUT2D eigenvalue weighted by Crippen LogP contribution is -2.48. The number of carbonyl (C=O) groups is 1. The molecule has 2 rings (SSSR count). The van der Waals surface area contributed by atoms with Crippen molar-refractivity contribution >= 4 is 22.0 Å². The largest absolute Gasteiger partial charge is 0.495 e. The van der Waals surface area contributed by atoms with Crippen molar-refractivity contribution in [2.45, 2.75) is 45.8 Å². The molecule has 0 radical (unpaired) electrons. The molecule has 6 heteroatoms. The lowest BCUT2D eigenvalue weighted by atomic mass is 10.0. The van der Waals surface area contributed by atoms with Crippen molar-refractivity contribution in [3.05, 3.63) is 27.7 Å². The first-order valence-electron chi connectivity index (χ1n) is 8.12. The molecule has 1 aliphatic heterocycles. The van der Waals surface area contributed by atoms with Gasteiger partial charge in [-0.05, 0) is 60.8 Å². The highest BCUT2D eigenvalue weighted by Gasteiger charge is 2.28. The highest BCUT2D eigenvalue weighted by molar-refractivity contribution is 9.10. The summed E-state index contributed by atoms with van der Waals surface area (Å²) in [7, 11) is 1.66. The van der Waals surface area contributed by atoms with Crippen LogP contribution in [0.4, 0.5) is 4.79 Å². The molecule has 0 bridgehead atoms. The zero-order valence-electron chi connectivity index (χ0n) is 15.0. The van der Waals surface area contributed by atoms with Gasteiger partial charge in [-0.15, -0.1) is 0 Å². The third-order valence-electron chi connectivity index (χ3n) is 3.75. The smallest absolute Gasteiger partial charge is 0.410 e. The van der Waals surface area contributed by atoms with E-state index in [1.165, 1.54) is 0 Å². The van der Waals surface area contributed by atoms with E-state index in [9.17, 15) is 4.79 Å². The number of hydrogen-bond donors (Lipinski definition) is 0. The summed E-state index contributed by atoms with van der Waals surface area (Å²) in [4.78, 5) is 14.0. The van der Waals surface area contributed by atoms with Crippen molar-refractivity contribution in [2.75, 3.05) is 26.8 Å². The van der Waals surface area contributed by atoms with Gasteiger partial charge in [0, 0.05) is 13.0 Å². The lowest BCUT2D eigenvalue weighted by Gasteiger charge is -2.34. The number of nitrogens with zero attached hydrogens (tertiary/aromatic N) is 1. The molecule has 1 heterocycles. The minimum absolute atomic E-state index is 0.0361. The van der Waals surface area contributed by atoms with Crippen LogP contribution in [0.2, 0.25) is 0 Å². The van der Waals surface area contributed by atoms with Crippen molar-refractivity contribution in [1.29, 1.82) is 0 Å². The summed E-state index contributed by atoms with van der Waals surface area (Å²) < 4.78 is 17.6. The monoisotopic (exact) mass is 399 g/mol. The first-order chi connectivity index (χ1) is 11.2. The molecule has 24 heavy (non-hydrogen) atoms. The molecule has 1 fully saturated rings. The van der Waals surface area contributed by atoms with Gasteiger partial charge in [-0.25, -0.2) is 4.79 Å². The van der Waals surface area contributed by atoms with Gasteiger partial charge in [0.25, 0.3) is 0 Å². The summed E-state index contributed by atoms with van der Waals surface area (Å²) in [6.45, 7) is 9.28. The Kier molecular flexibility index (Phi) is 6.15. The Labute approximate surface area is 152 Å². The summed E-state index contributed by atoms with van der Waals surface area (Å²) >= 11 is 3.54. The van der Waals surface area contributed by atoms with E-state index in [-0.39, 0.29) is 12.2 Å². The molecule has 1 aromatic rings. The van der Waals surface area contributed by atoms with Gasteiger partial charge in [0.2, 0.25) is 0 Å². The summed E-state index contributed by atoms with van der Waals surface area (Å²) in [5, 5.41) is 0. The number of hydrogen-bond acceptors (Lipinski definition) is 4. The molecule has 0 spiro atoms. The zero-order chi connectivity index (χ0) is 17.9. The molecule has 1 aromatic carbocycles. The molecule has 5 nitrogen and oxygen atoms in total. The minimum Gasteiger partial charge on any atom is -0.495 e. The second-order valence-electron chi connectivity index (χ2n) is 7.05. The number of ether oxygens (including phenoxy) is 3. The van der Waals surface area contributed by atoms with Crippen molar-refractivity contribution in [1.82, 2.24) is 4.90 Å². The van der Waals surface area contributed by atoms with Gasteiger partial charge in [0.15, 0.2) is 0 Å². The summed E-state index contributed by atoms with van der Waals surface area (Å²) in [6, 6.07) is 4.14. The average molecular weight is 400 g/mol. The third-order valence-corrected chi connectivity index (χ3v) is 4.34. The maximum atomic E-state index is 12.2. The van der Waals surface area contributed by atoms with E-state index >= 15 is 0 Å². The molecule has 0 N–H and O–H groups in total. The highest BCUT2D eigenvalue weighted by Crippen LogP contribution is 2.30. The van der Waals surface area contributed by atoms with Crippen molar-refractivity contribution in [3.8, 4) is 5.75 Å². The minimum atomic E-state index is -0.483. The van der Waals surface area contributed by atoms with Crippen LogP contribution in [0, 0.1) is 6.92 Å². The molecule has 1 saturated heterocycles. The Morgan fingerprint density at radius 2 is 2.12 bits per heavy atom. The summed E-state index contributed by atoms with van der Waals surface area (Å²) in [5.74, 6) is 0.846. The number of morpholine rings is 1. The fourth-order valence-corrected chi connectivity index (χ4v) is 3.54. The molecule has 0 saturated carbocycles. The van der Waals surface area contributed by atoms with E-state index in [0.717, 1.165) is 27.8 Å². The Hall–Kier alpha value is -1.27. The maximum absolute atomic E-state index is 12.2. The second kappa shape index (κ2) is 7.74. The normalized spacial score (nSPS) is 18.4. The van der Waals surface area contributed by atoms with E-state index in [4.69, 9.17) is 14.2 Å². The highest BCUT2D eigenvalue weighted by atomic mass is 79.9. The lowest BCUT2D eigenvalue weighted by molar-refractivity contribution is -0.0415. The Morgan fingerprint density at radius 3 is 2.71 bits per heavy atom. The van der Waals surface area contributed by atoms with Crippen LogP contribution in [0.3, 0.4) is 0 Å². The van der Waals surface area contributed by atoms with Crippen molar-refractivity contribution in [3.63, 3.8) is 0 Å². The standard InChI is InChI=1S/C18H26BrNO4/c1-12-8-13(10-15(19)16(12)22-5)9-14-11-20(6-7-23-14)17(21)24-18(2,3)4/h8,10,14H,6-7,9,11H2,1-5H3/t14-/m1/s1. The molecular weight excluding hydrogens is 374 g/mol. The number of methoxy groups -OCH3 is 1. The van der Waals surface area contributed by atoms with Crippen LogP contribution in [0.5, 0.6) is 5.75 Å². The molecule has 134 valence electrons. The predicted octanol–water partition coefficient (Wildman–Crippen LogP) is 3.94. The number of carbonyl (C=O) groups excluding carboxylic acids is 1. The molecular formula is C18H26BrNO4. The third kappa shape index (κ3) is 5.11. The topological polar surface area (TPSA) is 48.0 Å². The van der Waals surface area contributed by atoms with Crippen LogP contribution in [-0.2, 0) is 15.9 Å². The van der Waals surface area contributed by atoms with Crippen LogP contribution in [0.15, 0.2) is 16.6 Å². The van der Waals surface area contributed by atoms with Gasteiger partial charge in [0.05, 0.1) is 30.8 Å². The second-order valence-corrected chi connectivity index (χ2v) is 7.91. The van der Waals surface area contributed by atoms with E-state index in [1.807, 2.05) is 33.8 Å². The van der Waals surface area contributed by atoms with E-state index < -0.39 is 5.60 Å². The number of amides is 1. The molecule has 1 aliphatic rings. The number of benzene rings is 1. The number of halogens is 1. The van der Waals surface area contributed by atoms with E-state index in [1.54, 1.807) is 12.0 Å². The first-order valence-corrected chi connectivity index (χ1v) is 8.91. The van der Waals surface area contributed by atoms with Crippen LogP contribution in [0.1, 0.15) is 31.9 Å². The fourth-order valence-electron chi connectivity index (χ4n) is 2.78. The van der Waals surface area contributed by atoms with Crippen LogP contribution >= 0.6 is 15.9 Å². The average Bonchev–Trinajstić information content (AvgIpc) is 2.45.